The normalized spacial score (nSPS) is 22.8. The van der Waals surface area contributed by atoms with Crippen molar-refractivity contribution in [1.82, 2.24) is 9.80 Å². The number of hydrogen-bond donors (Lipinski definition) is 1. The second-order valence-corrected chi connectivity index (χ2v) is 12.3. The van der Waals surface area contributed by atoms with Gasteiger partial charge in [0.25, 0.3) is 0 Å². The predicted octanol–water partition coefficient (Wildman–Crippen LogP) is 6.78. The lowest BCUT2D eigenvalue weighted by Gasteiger charge is -2.39. The molecular weight excluding hydrogens is 484 g/mol. The average Bonchev–Trinajstić information content (AvgIpc) is 3.53. The van der Waals surface area contributed by atoms with E-state index < -0.39 is 5.60 Å². The molecule has 2 fully saturated rings. The zero-order chi connectivity index (χ0) is 25.0. The van der Waals surface area contributed by atoms with E-state index in [1.165, 1.54) is 22.3 Å². The first-order valence-corrected chi connectivity index (χ1v) is 14.8. The SMILES string of the molecule is Cc1cc(Cl)ccc1CN1CC(CN2CCC(O)(CCCc3ccccc3)CC2)[C@H](c2ccsc2)C1. The minimum absolute atomic E-state index is 0.494. The number of likely N-dealkylation sites (tertiary alicyclic amines) is 2. The maximum Gasteiger partial charge on any atom is 0.0672 e. The summed E-state index contributed by atoms with van der Waals surface area (Å²) in [5, 5.41) is 16.6. The molecule has 2 saturated heterocycles. The average molecular weight is 523 g/mol. The van der Waals surface area contributed by atoms with Crippen molar-refractivity contribution in [3.05, 3.63) is 92.6 Å². The van der Waals surface area contributed by atoms with Crippen LogP contribution in [0.3, 0.4) is 0 Å². The number of aliphatic hydroxyl groups is 1. The highest BCUT2D eigenvalue weighted by Gasteiger charge is 2.37. The van der Waals surface area contributed by atoms with Crippen LogP contribution < -0.4 is 0 Å². The fourth-order valence-electron chi connectivity index (χ4n) is 6.22. The van der Waals surface area contributed by atoms with E-state index in [1.807, 2.05) is 17.4 Å². The van der Waals surface area contributed by atoms with Gasteiger partial charge in [-0.1, -0.05) is 48.0 Å². The maximum absolute atomic E-state index is 11.2. The molecule has 1 N–H and O–H groups in total. The van der Waals surface area contributed by atoms with Crippen LogP contribution in [0.5, 0.6) is 0 Å². The van der Waals surface area contributed by atoms with Crippen LogP contribution in [0.4, 0.5) is 0 Å². The third-order valence-electron chi connectivity index (χ3n) is 8.42. The van der Waals surface area contributed by atoms with E-state index in [0.717, 1.165) is 76.4 Å². The third-order valence-corrected chi connectivity index (χ3v) is 9.35. The Balaban J connectivity index is 1.15. The van der Waals surface area contributed by atoms with E-state index in [4.69, 9.17) is 11.6 Å². The quantitative estimate of drug-likeness (QED) is 0.335. The molecule has 0 spiro atoms. The molecule has 3 aromatic rings. The Labute approximate surface area is 225 Å². The van der Waals surface area contributed by atoms with Gasteiger partial charge in [0, 0.05) is 50.2 Å². The van der Waals surface area contributed by atoms with Gasteiger partial charge in [0.2, 0.25) is 0 Å². The smallest absolute Gasteiger partial charge is 0.0672 e. The summed E-state index contributed by atoms with van der Waals surface area (Å²) in [5.74, 6) is 1.20. The molecule has 0 amide bonds. The Hall–Kier alpha value is -1.69. The van der Waals surface area contributed by atoms with Gasteiger partial charge < -0.3 is 10.0 Å². The zero-order valence-corrected chi connectivity index (χ0v) is 23.0. The molecule has 2 aromatic carbocycles. The minimum Gasteiger partial charge on any atom is -0.390 e. The standard InChI is InChI=1S/C31H39ClN2OS/c1-24-18-29(32)10-9-26(24)19-34-21-28(30(22-34)27-11-17-36-23-27)20-33-15-13-31(35,14-16-33)12-5-8-25-6-3-2-4-7-25/h2-4,6-7,9-11,17-18,23,28,30,35H,5,8,12-16,19-22H2,1H3/t28?,30-/m0/s1. The first kappa shape index (κ1) is 25.9. The summed E-state index contributed by atoms with van der Waals surface area (Å²) in [6, 6.07) is 19.3. The molecule has 0 bridgehead atoms. The Morgan fingerprint density at radius 3 is 2.56 bits per heavy atom. The number of piperidine rings is 1. The number of halogens is 1. The van der Waals surface area contributed by atoms with Crippen LogP contribution in [-0.4, -0.2) is 53.2 Å². The molecule has 2 aliphatic heterocycles. The lowest BCUT2D eigenvalue weighted by molar-refractivity contribution is -0.0316. The zero-order valence-electron chi connectivity index (χ0n) is 21.4. The topological polar surface area (TPSA) is 26.7 Å². The second kappa shape index (κ2) is 11.8. The molecular formula is C31H39ClN2OS. The summed E-state index contributed by atoms with van der Waals surface area (Å²) in [4.78, 5) is 5.25. The van der Waals surface area contributed by atoms with E-state index in [1.54, 1.807) is 0 Å². The van der Waals surface area contributed by atoms with E-state index in [-0.39, 0.29) is 0 Å². The van der Waals surface area contributed by atoms with E-state index in [0.29, 0.717) is 11.8 Å². The highest BCUT2D eigenvalue weighted by Crippen LogP contribution is 2.37. The van der Waals surface area contributed by atoms with Gasteiger partial charge in [-0.3, -0.25) is 4.90 Å². The number of aryl methyl sites for hydroxylation is 2. The van der Waals surface area contributed by atoms with Crippen molar-refractivity contribution >= 4 is 22.9 Å². The summed E-state index contributed by atoms with van der Waals surface area (Å²) in [6.45, 7) is 8.52. The Kier molecular flexibility index (Phi) is 8.49. The Morgan fingerprint density at radius 1 is 1.03 bits per heavy atom. The van der Waals surface area contributed by atoms with Gasteiger partial charge >= 0.3 is 0 Å². The predicted molar refractivity (Wildman–Crippen MR) is 152 cm³/mol. The molecule has 192 valence electrons. The van der Waals surface area contributed by atoms with Crippen molar-refractivity contribution in [1.29, 1.82) is 0 Å². The van der Waals surface area contributed by atoms with Crippen LogP contribution in [0.15, 0.2) is 65.4 Å². The summed E-state index contributed by atoms with van der Waals surface area (Å²) in [5.41, 5.74) is 5.03. The van der Waals surface area contributed by atoms with Gasteiger partial charge in [-0.15, -0.1) is 0 Å². The molecule has 1 unspecified atom stereocenters. The van der Waals surface area contributed by atoms with Crippen molar-refractivity contribution < 1.29 is 5.11 Å². The molecule has 36 heavy (non-hydrogen) atoms. The van der Waals surface area contributed by atoms with E-state index in [9.17, 15) is 5.11 Å². The number of thiophene rings is 1. The van der Waals surface area contributed by atoms with Crippen molar-refractivity contribution in [3.8, 4) is 0 Å². The lowest BCUT2D eigenvalue weighted by atomic mass is 9.84. The van der Waals surface area contributed by atoms with Gasteiger partial charge in [-0.2, -0.15) is 11.3 Å². The van der Waals surface area contributed by atoms with Crippen LogP contribution in [0, 0.1) is 12.8 Å². The van der Waals surface area contributed by atoms with Gasteiger partial charge in [-0.25, -0.2) is 0 Å². The molecule has 3 nitrogen and oxygen atoms in total. The number of nitrogens with zero attached hydrogens (tertiary/aromatic N) is 2. The minimum atomic E-state index is -0.494. The second-order valence-electron chi connectivity index (χ2n) is 11.1. The first-order chi connectivity index (χ1) is 17.5. The van der Waals surface area contributed by atoms with E-state index >= 15 is 0 Å². The lowest BCUT2D eigenvalue weighted by Crippen LogP contribution is -2.46. The van der Waals surface area contributed by atoms with Gasteiger partial charge in [-0.05, 0) is 96.2 Å². The van der Waals surface area contributed by atoms with Crippen molar-refractivity contribution in [2.24, 2.45) is 5.92 Å². The van der Waals surface area contributed by atoms with Crippen LogP contribution in [0.1, 0.15) is 53.9 Å². The van der Waals surface area contributed by atoms with Crippen molar-refractivity contribution in [2.75, 3.05) is 32.7 Å². The molecule has 0 radical (unpaired) electrons. The molecule has 1 aromatic heterocycles. The third kappa shape index (κ3) is 6.59. The molecule has 5 heteroatoms. The van der Waals surface area contributed by atoms with E-state index in [2.05, 4.69) is 76.0 Å². The monoisotopic (exact) mass is 522 g/mol. The molecule has 0 aliphatic carbocycles. The Morgan fingerprint density at radius 2 is 1.83 bits per heavy atom. The summed E-state index contributed by atoms with van der Waals surface area (Å²) in [6.07, 6.45) is 4.81. The maximum atomic E-state index is 11.2. The first-order valence-electron chi connectivity index (χ1n) is 13.5. The number of rotatable bonds is 9. The van der Waals surface area contributed by atoms with Gasteiger partial charge in [0.05, 0.1) is 5.60 Å². The Bertz CT molecular complexity index is 1100. The molecule has 2 aliphatic rings. The van der Waals surface area contributed by atoms with Gasteiger partial charge in [0.15, 0.2) is 0 Å². The fourth-order valence-corrected chi connectivity index (χ4v) is 7.17. The van der Waals surface area contributed by atoms with Crippen LogP contribution in [0.25, 0.3) is 0 Å². The number of benzene rings is 2. The van der Waals surface area contributed by atoms with Crippen LogP contribution in [0.2, 0.25) is 5.02 Å². The highest BCUT2D eigenvalue weighted by atomic mass is 35.5. The highest BCUT2D eigenvalue weighted by molar-refractivity contribution is 7.08. The largest absolute Gasteiger partial charge is 0.390 e. The van der Waals surface area contributed by atoms with Crippen molar-refractivity contribution in [2.45, 2.75) is 57.1 Å². The van der Waals surface area contributed by atoms with Crippen molar-refractivity contribution in [3.63, 3.8) is 0 Å². The molecule has 2 atom stereocenters. The van der Waals surface area contributed by atoms with Gasteiger partial charge in [0.1, 0.15) is 0 Å². The summed E-state index contributed by atoms with van der Waals surface area (Å²) >= 11 is 8.01. The number of hydrogen-bond acceptors (Lipinski definition) is 4. The summed E-state index contributed by atoms with van der Waals surface area (Å²) in [7, 11) is 0. The molecule has 0 saturated carbocycles. The molecule has 3 heterocycles. The fraction of sp³-hybridized carbons (Fsp3) is 0.484. The summed E-state index contributed by atoms with van der Waals surface area (Å²) < 4.78 is 0. The van der Waals surface area contributed by atoms with Crippen LogP contribution in [-0.2, 0) is 13.0 Å². The van der Waals surface area contributed by atoms with Crippen LogP contribution >= 0.6 is 22.9 Å². The molecule has 5 rings (SSSR count).